The van der Waals surface area contributed by atoms with Crippen LogP contribution in [0, 0.1) is 6.92 Å². The van der Waals surface area contributed by atoms with Crippen molar-refractivity contribution < 1.29 is 9.15 Å². The normalized spacial score (nSPS) is 13.9. The third kappa shape index (κ3) is 4.01. The number of pyridine rings is 1. The Kier molecular flexibility index (Phi) is 5.46. The van der Waals surface area contributed by atoms with Gasteiger partial charge in [0.2, 0.25) is 5.89 Å². The number of benzene rings is 2. The molecule has 7 nitrogen and oxygen atoms in total. The first kappa shape index (κ1) is 20.1. The Bertz CT molecular complexity index is 1180. The Morgan fingerprint density at radius 3 is 2.22 bits per heavy atom. The quantitative estimate of drug-likeness (QED) is 0.466. The van der Waals surface area contributed by atoms with E-state index >= 15 is 0 Å². The van der Waals surface area contributed by atoms with Gasteiger partial charge in [-0.15, -0.1) is 10.2 Å². The van der Waals surface area contributed by atoms with E-state index in [4.69, 9.17) is 9.15 Å². The summed E-state index contributed by atoms with van der Waals surface area (Å²) in [5, 5.41) is 8.56. The summed E-state index contributed by atoms with van der Waals surface area (Å²) in [5.41, 5.74) is 4.24. The molecular weight excluding hydrogens is 402 g/mol. The standard InChI is InChI=1S/C25H25N5O2/c1-18-5-9-20(10-6-18)29-14-16-30(17-15-29)23-22(4-3-13-26-23)25-28-27-24(32-25)19-7-11-21(31-2)12-8-19/h3-13H,14-17H2,1-2H3. The molecule has 0 radical (unpaired) electrons. The molecule has 1 aliphatic rings. The number of rotatable bonds is 5. The predicted octanol–water partition coefficient (Wildman–Crippen LogP) is 4.44. The molecule has 1 fully saturated rings. The van der Waals surface area contributed by atoms with Gasteiger partial charge in [0.25, 0.3) is 5.89 Å². The van der Waals surface area contributed by atoms with Crippen molar-refractivity contribution in [2.24, 2.45) is 0 Å². The highest BCUT2D eigenvalue weighted by Gasteiger charge is 2.23. The van der Waals surface area contributed by atoms with Gasteiger partial charge in [-0.2, -0.15) is 0 Å². The number of hydrogen-bond donors (Lipinski definition) is 0. The fraction of sp³-hybridized carbons (Fsp3) is 0.240. The zero-order valence-corrected chi connectivity index (χ0v) is 18.2. The molecule has 5 rings (SSSR count). The van der Waals surface area contributed by atoms with Crippen LogP contribution in [0.5, 0.6) is 5.75 Å². The minimum Gasteiger partial charge on any atom is -0.497 e. The van der Waals surface area contributed by atoms with Gasteiger partial charge in [-0.3, -0.25) is 0 Å². The molecule has 32 heavy (non-hydrogen) atoms. The monoisotopic (exact) mass is 427 g/mol. The molecule has 162 valence electrons. The lowest BCUT2D eigenvalue weighted by atomic mass is 10.2. The van der Waals surface area contributed by atoms with E-state index in [-0.39, 0.29) is 0 Å². The van der Waals surface area contributed by atoms with E-state index in [0.717, 1.165) is 48.9 Å². The van der Waals surface area contributed by atoms with Gasteiger partial charge in [-0.25, -0.2) is 4.98 Å². The van der Waals surface area contributed by atoms with Gasteiger partial charge < -0.3 is 19.0 Å². The zero-order valence-electron chi connectivity index (χ0n) is 18.2. The van der Waals surface area contributed by atoms with E-state index in [9.17, 15) is 0 Å². The van der Waals surface area contributed by atoms with E-state index in [1.807, 2.05) is 42.6 Å². The third-order valence-electron chi connectivity index (χ3n) is 5.76. The molecule has 0 unspecified atom stereocenters. The molecule has 0 aliphatic carbocycles. The molecule has 7 heteroatoms. The van der Waals surface area contributed by atoms with Gasteiger partial charge in [0.15, 0.2) is 0 Å². The Morgan fingerprint density at radius 1 is 0.812 bits per heavy atom. The lowest BCUT2D eigenvalue weighted by molar-refractivity contribution is 0.415. The van der Waals surface area contributed by atoms with Crippen LogP contribution in [0.3, 0.4) is 0 Å². The largest absolute Gasteiger partial charge is 0.497 e. The predicted molar refractivity (Wildman–Crippen MR) is 125 cm³/mol. The summed E-state index contributed by atoms with van der Waals surface area (Å²) in [4.78, 5) is 9.35. The molecule has 0 amide bonds. The summed E-state index contributed by atoms with van der Waals surface area (Å²) in [6, 6.07) is 20.2. The van der Waals surface area contributed by atoms with Crippen LogP contribution in [0.15, 0.2) is 71.3 Å². The van der Waals surface area contributed by atoms with Crippen LogP contribution in [-0.2, 0) is 0 Å². The molecule has 0 atom stereocenters. The van der Waals surface area contributed by atoms with Crippen LogP contribution in [-0.4, -0.2) is 48.5 Å². The summed E-state index contributed by atoms with van der Waals surface area (Å²) in [6.07, 6.45) is 1.81. The van der Waals surface area contributed by atoms with Crippen LogP contribution >= 0.6 is 0 Å². The topological polar surface area (TPSA) is 67.5 Å². The van der Waals surface area contributed by atoms with E-state index in [1.165, 1.54) is 11.3 Å². The first-order valence-electron chi connectivity index (χ1n) is 10.7. The molecule has 4 aromatic rings. The number of nitrogens with zero attached hydrogens (tertiary/aromatic N) is 5. The molecular formula is C25H25N5O2. The lowest BCUT2D eigenvalue weighted by Gasteiger charge is -2.37. The Morgan fingerprint density at radius 2 is 1.50 bits per heavy atom. The highest BCUT2D eigenvalue weighted by molar-refractivity contribution is 5.71. The van der Waals surface area contributed by atoms with E-state index < -0.39 is 0 Å². The number of methoxy groups -OCH3 is 1. The van der Waals surface area contributed by atoms with Gasteiger partial charge in [0.05, 0.1) is 12.7 Å². The van der Waals surface area contributed by atoms with Crippen LogP contribution < -0.4 is 14.5 Å². The summed E-state index contributed by atoms with van der Waals surface area (Å²) in [5.74, 6) is 2.61. The minimum atomic E-state index is 0.472. The van der Waals surface area contributed by atoms with Gasteiger partial charge in [0.1, 0.15) is 11.6 Å². The van der Waals surface area contributed by atoms with Gasteiger partial charge >= 0.3 is 0 Å². The van der Waals surface area contributed by atoms with Gasteiger partial charge in [-0.05, 0) is 55.5 Å². The maximum Gasteiger partial charge on any atom is 0.251 e. The molecule has 0 spiro atoms. The van der Waals surface area contributed by atoms with Crippen molar-refractivity contribution in [3.05, 3.63) is 72.4 Å². The van der Waals surface area contributed by atoms with Crippen LogP contribution in [0.1, 0.15) is 5.56 Å². The smallest absolute Gasteiger partial charge is 0.251 e. The maximum atomic E-state index is 6.02. The SMILES string of the molecule is COc1ccc(-c2nnc(-c3cccnc3N3CCN(c4ccc(C)cc4)CC3)o2)cc1. The van der Waals surface area contributed by atoms with E-state index in [0.29, 0.717) is 11.8 Å². The highest BCUT2D eigenvalue weighted by atomic mass is 16.5. The second kappa shape index (κ2) is 8.70. The van der Waals surface area contributed by atoms with Crippen LogP contribution in [0.4, 0.5) is 11.5 Å². The number of anilines is 2. The molecule has 3 heterocycles. The number of hydrogen-bond acceptors (Lipinski definition) is 7. The molecule has 2 aromatic carbocycles. The first-order chi connectivity index (χ1) is 15.7. The van der Waals surface area contributed by atoms with E-state index in [2.05, 4.69) is 56.2 Å². The van der Waals surface area contributed by atoms with Crippen molar-refractivity contribution in [2.75, 3.05) is 43.1 Å². The Labute approximate surface area is 187 Å². The summed E-state index contributed by atoms with van der Waals surface area (Å²) in [6.45, 7) is 5.72. The first-order valence-corrected chi connectivity index (χ1v) is 10.7. The molecule has 0 saturated carbocycles. The summed E-state index contributed by atoms with van der Waals surface area (Å²) in [7, 11) is 1.64. The maximum absolute atomic E-state index is 6.02. The third-order valence-corrected chi connectivity index (χ3v) is 5.76. The average molecular weight is 428 g/mol. The van der Waals surface area contributed by atoms with Gasteiger partial charge in [-0.1, -0.05) is 17.7 Å². The van der Waals surface area contributed by atoms with Crippen molar-refractivity contribution >= 4 is 11.5 Å². The fourth-order valence-electron chi connectivity index (χ4n) is 3.93. The number of piperazine rings is 1. The zero-order chi connectivity index (χ0) is 21.9. The second-order valence-corrected chi connectivity index (χ2v) is 7.83. The highest BCUT2D eigenvalue weighted by Crippen LogP contribution is 2.31. The molecule has 1 saturated heterocycles. The molecule has 1 aliphatic heterocycles. The molecule has 0 bridgehead atoms. The summed E-state index contributed by atoms with van der Waals surface area (Å²) >= 11 is 0. The van der Waals surface area contributed by atoms with Crippen molar-refractivity contribution in [3.8, 4) is 28.7 Å². The van der Waals surface area contributed by atoms with Crippen molar-refractivity contribution in [1.29, 1.82) is 0 Å². The Hall–Kier alpha value is -3.87. The minimum absolute atomic E-state index is 0.472. The van der Waals surface area contributed by atoms with Crippen LogP contribution in [0.25, 0.3) is 22.9 Å². The van der Waals surface area contributed by atoms with Gasteiger partial charge in [0, 0.05) is 43.6 Å². The number of aryl methyl sites for hydroxylation is 1. The Balaban J connectivity index is 1.35. The number of ether oxygens (including phenoxy) is 1. The van der Waals surface area contributed by atoms with Crippen LogP contribution in [0.2, 0.25) is 0 Å². The molecule has 2 aromatic heterocycles. The number of aromatic nitrogens is 3. The van der Waals surface area contributed by atoms with Crippen molar-refractivity contribution in [2.45, 2.75) is 6.92 Å². The van der Waals surface area contributed by atoms with Crippen molar-refractivity contribution in [1.82, 2.24) is 15.2 Å². The average Bonchev–Trinajstić information content (AvgIpc) is 3.35. The van der Waals surface area contributed by atoms with Crippen molar-refractivity contribution in [3.63, 3.8) is 0 Å². The molecule has 0 N–H and O–H groups in total. The van der Waals surface area contributed by atoms with E-state index in [1.54, 1.807) is 7.11 Å². The second-order valence-electron chi connectivity index (χ2n) is 7.83. The lowest BCUT2D eigenvalue weighted by Crippen LogP contribution is -2.47. The summed E-state index contributed by atoms with van der Waals surface area (Å²) < 4.78 is 11.2. The fourth-order valence-corrected chi connectivity index (χ4v) is 3.93.